The lowest BCUT2D eigenvalue weighted by atomic mass is 10.2. The van der Waals surface area contributed by atoms with Crippen LogP contribution in [0.15, 0.2) is 18.2 Å². The summed E-state index contributed by atoms with van der Waals surface area (Å²) in [7, 11) is 0. The van der Waals surface area contributed by atoms with Crippen molar-refractivity contribution < 1.29 is 19.0 Å². The average molecular weight is 205 g/mol. The fourth-order valence-corrected chi connectivity index (χ4v) is 1.20. The lowest BCUT2D eigenvalue weighted by molar-refractivity contribution is 0.0554. The zero-order valence-corrected chi connectivity index (χ0v) is 7.73. The molecule has 0 radical (unpaired) electrons. The van der Waals surface area contributed by atoms with Crippen LogP contribution in [0.5, 0.6) is 11.5 Å². The van der Waals surface area contributed by atoms with E-state index in [4.69, 9.17) is 14.7 Å². The van der Waals surface area contributed by atoms with Crippen molar-refractivity contribution in [3.05, 3.63) is 23.8 Å². The lowest BCUT2D eigenvalue weighted by Crippen LogP contribution is -2.04. The highest BCUT2D eigenvalue weighted by molar-refractivity contribution is 5.90. The Morgan fingerprint density at radius 2 is 2.27 bits per heavy atom. The molecule has 0 aliphatic carbocycles. The van der Waals surface area contributed by atoms with Gasteiger partial charge in [-0.3, -0.25) is 0 Å². The van der Waals surface area contributed by atoms with E-state index in [-0.39, 0.29) is 13.4 Å². The Morgan fingerprint density at radius 3 is 3.07 bits per heavy atom. The van der Waals surface area contributed by atoms with Crippen LogP contribution in [0.2, 0.25) is 0 Å². The minimum Gasteiger partial charge on any atom is -0.454 e. The fraction of sp³-hybridized carbons (Fsp3) is 0.200. The highest BCUT2D eigenvalue weighted by Crippen LogP contribution is 2.32. The van der Waals surface area contributed by atoms with Gasteiger partial charge in [-0.2, -0.15) is 5.26 Å². The molecule has 0 bridgehead atoms. The first kappa shape index (κ1) is 9.34. The largest absolute Gasteiger partial charge is 0.454 e. The van der Waals surface area contributed by atoms with Gasteiger partial charge in [-0.25, -0.2) is 4.79 Å². The molecule has 0 unspecified atom stereocenters. The molecule has 0 saturated carbocycles. The van der Waals surface area contributed by atoms with E-state index in [1.165, 1.54) is 6.07 Å². The van der Waals surface area contributed by atoms with Crippen molar-refractivity contribution >= 4 is 5.97 Å². The summed E-state index contributed by atoms with van der Waals surface area (Å²) in [6.07, 6.45) is 0. The highest BCUT2D eigenvalue weighted by Gasteiger charge is 2.16. The molecule has 15 heavy (non-hydrogen) atoms. The number of benzene rings is 1. The Bertz CT molecular complexity index is 436. The van der Waals surface area contributed by atoms with E-state index in [1.54, 1.807) is 18.2 Å². The van der Waals surface area contributed by atoms with E-state index in [0.29, 0.717) is 17.1 Å². The van der Waals surface area contributed by atoms with E-state index in [1.807, 2.05) is 0 Å². The quantitative estimate of drug-likeness (QED) is 0.676. The van der Waals surface area contributed by atoms with Gasteiger partial charge in [0.15, 0.2) is 18.1 Å². The first-order valence-corrected chi connectivity index (χ1v) is 4.25. The third kappa shape index (κ3) is 1.83. The van der Waals surface area contributed by atoms with Gasteiger partial charge in [0, 0.05) is 0 Å². The number of ether oxygens (including phenoxy) is 3. The Hall–Kier alpha value is -2.22. The second-order valence-corrected chi connectivity index (χ2v) is 2.80. The molecule has 5 nitrogen and oxygen atoms in total. The van der Waals surface area contributed by atoms with Crippen LogP contribution >= 0.6 is 0 Å². The van der Waals surface area contributed by atoms with Crippen molar-refractivity contribution in [1.82, 2.24) is 0 Å². The molecule has 0 atom stereocenters. The van der Waals surface area contributed by atoms with Gasteiger partial charge in [0.2, 0.25) is 6.79 Å². The van der Waals surface area contributed by atoms with Gasteiger partial charge in [0.1, 0.15) is 6.07 Å². The van der Waals surface area contributed by atoms with Crippen LogP contribution in [-0.4, -0.2) is 19.4 Å². The number of carbonyl (C=O) groups is 1. The van der Waals surface area contributed by atoms with E-state index in [9.17, 15) is 4.79 Å². The molecule has 76 valence electrons. The molecule has 1 heterocycles. The van der Waals surface area contributed by atoms with Crippen LogP contribution in [0, 0.1) is 11.3 Å². The molecule has 0 aromatic heterocycles. The van der Waals surface area contributed by atoms with Crippen molar-refractivity contribution in [2.75, 3.05) is 13.4 Å². The van der Waals surface area contributed by atoms with Crippen LogP contribution in [0.4, 0.5) is 0 Å². The summed E-state index contributed by atoms with van der Waals surface area (Å²) in [5, 5.41) is 8.25. The molecule has 5 heteroatoms. The summed E-state index contributed by atoms with van der Waals surface area (Å²) < 4.78 is 14.8. The maximum atomic E-state index is 11.3. The van der Waals surface area contributed by atoms with Crippen LogP contribution in [0.3, 0.4) is 0 Å². The smallest absolute Gasteiger partial charge is 0.339 e. The number of nitriles is 1. The number of nitrogens with zero attached hydrogens (tertiary/aromatic N) is 1. The zero-order chi connectivity index (χ0) is 10.7. The third-order valence-corrected chi connectivity index (χ3v) is 1.88. The van der Waals surface area contributed by atoms with Crippen molar-refractivity contribution in [2.45, 2.75) is 0 Å². The van der Waals surface area contributed by atoms with Crippen LogP contribution in [-0.2, 0) is 4.74 Å². The van der Waals surface area contributed by atoms with Crippen molar-refractivity contribution in [2.24, 2.45) is 0 Å². The maximum absolute atomic E-state index is 11.3. The molecule has 2 rings (SSSR count). The number of carbonyl (C=O) groups excluding carboxylic acids is 1. The van der Waals surface area contributed by atoms with Crippen LogP contribution in [0.25, 0.3) is 0 Å². The first-order chi connectivity index (χ1) is 7.31. The van der Waals surface area contributed by atoms with Gasteiger partial charge in [-0.1, -0.05) is 0 Å². The summed E-state index contributed by atoms with van der Waals surface area (Å²) in [6.45, 7) is -0.0979. The summed E-state index contributed by atoms with van der Waals surface area (Å²) in [6, 6.07) is 6.44. The van der Waals surface area contributed by atoms with Crippen molar-refractivity contribution in [3.63, 3.8) is 0 Å². The second kappa shape index (κ2) is 3.88. The molecule has 0 N–H and O–H groups in total. The molecule has 1 aromatic carbocycles. The van der Waals surface area contributed by atoms with Crippen molar-refractivity contribution in [3.8, 4) is 17.6 Å². The van der Waals surface area contributed by atoms with Gasteiger partial charge in [-0.15, -0.1) is 0 Å². The molecule has 1 aliphatic rings. The van der Waals surface area contributed by atoms with Gasteiger partial charge >= 0.3 is 5.97 Å². The van der Waals surface area contributed by atoms with E-state index in [0.717, 1.165) is 0 Å². The summed E-state index contributed by atoms with van der Waals surface area (Å²) in [4.78, 5) is 11.3. The van der Waals surface area contributed by atoms with Gasteiger partial charge in [0.25, 0.3) is 0 Å². The lowest BCUT2D eigenvalue weighted by Gasteiger charge is -2.01. The zero-order valence-electron chi connectivity index (χ0n) is 7.73. The Kier molecular flexibility index (Phi) is 2.42. The summed E-state index contributed by atoms with van der Waals surface area (Å²) >= 11 is 0. The SMILES string of the molecule is N#CCOC(=O)c1ccc2c(c1)OCO2. The maximum Gasteiger partial charge on any atom is 0.339 e. The standard InChI is InChI=1S/C10H7NO4/c11-3-4-13-10(12)7-1-2-8-9(5-7)15-6-14-8/h1-2,5H,4,6H2. The Balaban J connectivity index is 2.16. The van der Waals surface area contributed by atoms with E-state index >= 15 is 0 Å². The molecule has 1 aliphatic heterocycles. The molecule has 0 saturated heterocycles. The van der Waals surface area contributed by atoms with Crippen LogP contribution < -0.4 is 9.47 Å². The van der Waals surface area contributed by atoms with Crippen molar-refractivity contribution in [1.29, 1.82) is 5.26 Å². The minimum absolute atomic E-state index is 0.159. The Labute approximate surface area is 85.8 Å². The highest BCUT2D eigenvalue weighted by atomic mass is 16.7. The monoisotopic (exact) mass is 205 g/mol. The topological polar surface area (TPSA) is 68.5 Å². The minimum atomic E-state index is -0.546. The number of hydrogen-bond donors (Lipinski definition) is 0. The number of rotatable bonds is 2. The summed E-state index contributed by atoms with van der Waals surface area (Å²) in [5.74, 6) is 0.572. The van der Waals surface area contributed by atoms with Gasteiger partial charge < -0.3 is 14.2 Å². The predicted octanol–water partition coefficient (Wildman–Crippen LogP) is 1.10. The number of esters is 1. The number of fused-ring (bicyclic) bond motifs is 1. The van der Waals surface area contributed by atoms with Gasteiger partial charge in [-0.05, 0) is 18.2 Å². The molecule has 0 spiro atoms. The van der Waals surface area contributed by atoms with E-state index in [2.05, 4.69) is 4.74 Å². The molecular weight excluding hydrogens is 198 g/mol. The fourth-order valence-electron chi connectivity index (χ4n) is 1.20. The first-order valence-electron chi connectivity index (χ1n) is 4.25. The average Bonchev–Trinajstić information content (AvgIpc) is 2.72. The normalized spacial score (nSPS) is 11.9. The van der Waals surface area contributed by atoms with Gasteiger partial charge in [0.05, 0.1) is 5.56 Å². The molecule has 1 aromatic rings. The molecule has 0 fully saturated rings. The molecule has 0 amide bonds. The van der Waals surface area contributed by atoms with Crippen LogP contribution in [0.1, 0.15) is 10.4 Å². The second-order valence-electron chi connectivity index (χ2n) is 2.80. The Morgan fingerprint density at radius 1 is 1.47 bits per heavy atom. The van der Waals surface area contributed by atoms with E-state index < -0.39 is 5.97 Å². The third-order valence-electron chi connectivity index (χ3n) is 1.88. The molecular formula is C10H7NO4. The number of hydrogen-bond acceptors (Lipinski definition) is 5. The summed E-state index contributed by atoms with van der Waals surface area (Å²) in [5.41, 5.74) is 0.342. The predicted molar refractivity (Wildman–Crippen MR) is 48.5 cm³/mol.